The van der Waals surface area contributed by atoms with Crippen LogP contribution in [0, 0.1) is 0 Å². The van der Waals surface area contributed by atoms with Gasteiger partial charge < -0.3 is 9.11 Å². The summed E-state index contributed by atoms with van der Waals surface area (Å²) in [4.78, 5) is 8.25. The van der Waals surface area contributed by atoms with E-state index >= 15 is 0 Å². The molecule has 6 aromatic carbocycles. The predicted octanol–water partition coefficient (Wildman–Crippen LogP) is 16.6. The van der Waals surface area contributed by atoms with Crippen molar-refractivity contribution in [2.24, 2.45) is 0 Å². The molecule has 0 spiro atoms. The van der Waals surface area contributed by atoms with E-state index in [1.54, 1.807) is 0 Å². The molecule has 14 heteroatoms. The molecule has 0 aliphatic heterocycles. The van der Waals surface area contributed by atoms with Gasteiger partial charge in [0.05, 0.1) is 21.8 Å². The number of halogens is 4. The zero-order chi connectivity index (χ0) is 58.1. The highest BCUT2D eigenvalue weighted by atomic mass is 32.2. The lowest BCUT2D eigenvalue weighted by Crippen LogP contribution is -2.51. The maximum atomic E-state index is 12.0. The van der Waals surface area contributed by atoms with Gasteiger partial charge in [-0.1, -0.05) is 197 Å². The van der Waals surface area contributed by atoms with Gasteiger partial charge in [-0.15, -0.1) is 0 Å². The monoisotopic (exact) mass is 1120 g/mol. The van der Waals surface area contributed by atoms with Crippen LogP contribution in [0.15, 0.2) is 175 Å². The molecule has 0 aliphatic rings. The summed E-state index contributed by atoms with van der Waals surface area (Å²) >= 11 is 0. The van der Waals surface area contributed by atoms with Gasteiger partial charge in [0.15, 0.2) is 49.6 Å². The van der Waals surface area contributed by atoms with Crippen molar-refractivity contribution in [2.45, 2.75) is 197 Å². The van der Waals surface area contributed by atoms with E-state index in [4.69, 9.17) is 0 Å². The molecular formula is C62H78F4O6S4. The molecule has 0 fully saturated rings. The average Bonchev–Trinajstić information content (AvgIpc) is 3.28. The summed E-state index contributed by atoms with van der Waals surface area (Å²) < 4.78 is 105. The quantitative estimate of drug-likeness (QED) is 0.0809. The molecule has 6 aromatic rings. The summed E-state index contributed by atoms with van der Waals surface area (Å²) in [5, 5.41) is -13.0. The third kappa shape index (κ3) is 16.1. The summed E-state index contributed by atoms with van der Waals surface area (Å²) in [6.07, 6.45) is 0. The van der Waals surface area contributed by atoms with E-state index in [1.165, 1.54) is 62.8 Å². The van der Waals surface area contributed by atoms with Crippen LogP contribution in [0.3, 0.4) is 0 Å². The molecule has 0 N–H and O–H groups in total. The van der Waals surface area contributed by atoms with Crippen molar-refractivity contribution in [1.82, 2.24) is 0 Å². The van der Waals surface area contributed by atoms with Gasteiger partial charge in [0.2, 0.25) is 0 Å². The molecule has 0 saturated carbocycles. The Kier molecular flexibility index (Phi) is 19.5. The largest absolute Gasteiger partial charge is 0.743 e. The molecule has 0 atom stereocenters. The normalized spacial score (nSPS) is 13.4. The van der Waals surface area contributed by atoms with Gasteiger partial charge in [-0.3, -0.25) is 0 Å². The van der Waals surface area contributed by atoms with Gasteiger partial charge in [0.25, 0.3) is 0 Å². The number of benzene rings is 6. The molecule has 0 saturated heterocycles. The topological polar surface area (TPSA) is 114 Å². The van der Waals surface area contributed by atoms with Crippen LogP contribution < -0.4 is 0 Å². The minimum Gasteiger partial charge on any atom is -0.743 e. The lowest BCUT2D eigenvalue weighted by molar-refractivity contribution is -0.106. The number of hydrogen-bond acceptors (Lipinski definition) is 6. The molecule has 6 nitrogen and oxygen atoms in total. The van der Waals surface area contributed by atoms with Gasteiger partial charge >= 0.3 is 10.5 Å². The van der Waals surface area contributed by atoms with E-state index < -0.39 is 30.7 Å². The molecular weight excluding hydrogens is 1040 g/mol. The van der Waals surface area contributed by atoms with Crippen molar-refractivity contribution >= 4 is 42.0 Å². The van der Waals surface area contributed by atoms with Crippen molar-refractivity contribution < 1.29 is 43.5 Å². The summed E-state index contributed by atoms with van der Waals surface area (Å²) in [5.41, 5.74) is 9.28. The van der Waals surface area contributed by atoms with E-state index in [0.29, 0.717) is 0 Å². The summed E-state index contributed by atoms with van der Waals surface area (Å²) in [6, 6.07) is 55.7. The molecule has 0 unspecified atom stereocenters. The van der Waals surface area contributed by atoms with E-state index in [2.05, 4.69) is 270 Å². The highest BCUT2D eigenvalue weighted by Crippen LogP contribution is 2.42. The molecule has 0 aromatic heterocycles. The van der Waals surface area contributed by atoms with E-state index in [1.807, 2.05) is 0 Å². The maximum absolute atomic E-state index is 12.0. The molecule has 6 rings (SSSR count). The average molecular weight is 1120 g/mol. The summed E-state index contributed by atoms with van der Waals surface area (Å²) in [6.45, 7) is 41.0. The fourth-order valence-electron chi connectivity index (χ4n) is 7.65. The van der Waals surface area contributed by atoms with Crippen LogP contribution in [0.5, 0.6) is 0 Å². The van der Waals surface area contributed by atoms with Crippen molar-refractivity contribution in [3.63, 3.8) is 0 Å². The Bertz CT molecular complexity index is 2590. The Labute approximate surface area is 458 Å². The van der Waals surface area contributed by atoms with Crippen molar-refractivity contribution in [3.05, 3.63) is 179 Å². The second-order valence-corrected chi connectivity index (χ2v) is 32.1. The van der Waals surface area contributed by atoms with Crippen LogP contribution in [-0.2, 0) is 74.5 Å². The van der Waals surface area contributed by atoms with Gasteiger partial charge in [-0.05, 0) is 139 Å². The van der Waals surface area contributed by atoms with Crippen molar-refractivity contribution in [2.75, 3.05) is 0 Å². The van der Waals surface area contributed by atoms with Crippen LogP contribution in [-0.4, -0.2) is 36.5 Å². The second-order valence-electron chi connectivity index (χ2n) is 25.2. The highest BCUT2D eigenvalue weighted by molar-refractivity contribution is 7.97. The Morgan fingerprint density at radius 3 is 0.447 bits per heavy atom. The fourth-order valence-corrected chi connectivity index (χ4v) is 12.9. The molecule has 0 bridgehead atoms. The Morgan fingerprint density at radius 2 is 0.368 bits per heavy atom. The first-order valence-electron chi connectivity index (χ1n) is 25.1. The fraction of sp³-hybridized carbons (Fsp3) is 0.419. The second kappa shape index (κ2) is 23.1. The first-order chi connectivity index (χ1) is 34.3. The summed E-state index contributed by atoms with van der Waals surface area (Å²) in [5.74, 6) is 0. The third-order valence-corrected chi connectivity index (χ3v) is 19.1. The molecule has 76 heavy (non-hydrogen) atoms. The molecule has 0 aliphatic carbocycles. The third-order valence-electron chi connectivity index (χ3n) is 12.7. The lowest BCUT2D eigenvalue weighted by atomic mass is 9.87. The standard InChI is InChI=1S/2C30H39S.C2H2F4O6S2/c2*1-28(2,3)22-10-16-25(17-11-22)31(26-18-12-23(13-19-26)29(4,5)6)27-20-14-24(15-21-27)30(7,8)9;3-1(4,13(7,8)9)2(5,6)14(10,11)12/h2*10-21H,1-9H3;(H,7,8,9)(H,10,11,12)/q2*+1;/p-2. The molecule has 0 radical (unpaired) electrons. The van der Waals surface area contributed by atoms with E-state index in [9.17, 15) is 43.5 Å². The zero-order valence-corrected chi connectivity index (χ0v) is 50.7. The van der Waals surface area contributed by atoms with Gasteiger partial charge in [-0.2, -0.15) is 17.6 Å². The van der Waals surface area contributed by atoms with Crippen molar-refractivity contribution in [3.8, 4) is 0 Å². The number of alkyl halides is 4. The Morgan fingerprint density at radius 1 is 0.263 bits per heavy atom. The first-order valence-corrected chi connectivity index (χ1v) is 30.3. The smallest absolute Gasteiger partial charge is 0.409 e. The van der Waals surface area contributed by atoms with Crippen LogP contribution in [0.4, 0.5) is 17.6 Å². The van der Waals surface area contributed by atoms with Gasteiger partial charge in [0, 0.05) is 0 Å². The molecule has 0 heterocycles. The van der Waals surface area contributed by atoms with Crippen LogP contribution in [0.25, 0.3) is 0 Å². The van der Waals surface area contributed by atoms with Crippen LogP contribution in [0.1, 0.15) is 158 Å². The van der Waals surface area contributed by atoms with Crippen LogP contribution >= 0.6 is 0 Å². The highest BCUT2D eigenvalue weighted by Gasteiger charge is 2.66. The van der Waals surface area contributed by atoms with E-state index in [0.717, 1.165) is 0 Å². The molecule has 0 amide bonds. The van der Waals surface area contributed by atoms with Crippen molar-refractivity contribution in [1.29, 1.82) is 0 Å². The Hall–Kier alpha value is -4.44. The number of hydrogen-bond donors (Lipinski definition) is 0. The lowest BCUT2D eigenvalue weighted by Gasteiger charge is -2.29. The van der Waals surface area contributed by atoms with E-state index in [-0.39, 0.29) is 54.3 Å². The van der Waals surface area contributed by atoms with Gasteiger partial charge in [-0.25, -0.2) is 16.8 Å². The van der Waals surface area contributed by atoms with Gasteiger partial charge in [0.1, 0.15) is 0 Å². The summed E-state index contributed by atoms with van der Waals surface area (Å²) in [7, 11) is -14.2. The zero-order valence-electron chi connectivity index (χ0n) is 47.5. The minimum atomic E-state index is -6.96. The predicted molar refractivity (Wildman–Crippen MR) is 304 cm³/mol. The SMILES string of the molecule is CC(C)(C)c1ccc([S+](c2ccc(C(C)(C)C)cc2)c2ccc(C(C)(C)C)cc2)cc1.CC(C)(C)c1ccc([S+](c2ccc(C(C)(C)C)cc2)c2ccc(C(C)(C)C)cc2)cc1.O=S(=O)([O-])C(F)(F)C(F)(F)S(=O)(=O)[O-]. The maximum Gasteiger partial charge on any atom is 0.409 e. The van der Waals surface area contributed by atoms with Crippen LogP contribution in [0.2, 0.25) is 0 Å². The number of rotatable bonds is 9. The first kappa shape index (κ1) is 64.1. The molecule has 414 valence electrons. The Balaban J connectivity index is 0.000000265. The minimum absolute atomic E-state index is 0.120.